The number of ketones is 1. The molecule has 0 bridgehead atoms. The third kappa shape index (κ3) is 1.92. The third-order valence-corrected chi connectivity index (χ3v) is 4.44. The van der Waals surface area contributed by atoms with Crippen LogP contribution in [0.4, 0.5) is 0 Å². The highest BCUT2D eigenvalue weighted by atomic mass is 16.1. The number of Topliss-reactive ketones (excluding diaryl/α,β-unsaturated/α-hetero) is 1. The zero-order valence-corrected chi connectivity index (χ0v) is 11.0. The van der Waals surface area contributed by atoms with Gasteiger partial charge in [-0.2, -0.15) is 0 Å². The molecule has 0 radical (unpaired) electrons. The molecule has 2 nitrogen and oxygen atoms in total. The lowest BCUT2D eigenvalue weighted by Crippen LogP contribution is -2.53. The number of nitrogens with zero attached hydrogens (tertiary/aromatic N) is 1. The highest BCUT2D eigenvalue weighted by Crippen LogP contribution is 2.47. The van der Waals surface area contributed by atoms with E-state index in [4.69, 9.17) is 0 Å². The number of carbonyl (C=O) groups is 1. The van der Waals surface area contributed by atoms with Gasteiger partial charge in [0.1, 0.15) is 0 Å². The molecule has 0 aromatic rings. The minimum Gasteiger partial charge on any atom is -0.298 e. The van der Waals surface area contributed by atoms with Crippen molar-refractivity contribution in [1.29, 1.82) is 0 Å². The molecule has 0 amide bonds. The Morgan fingerprint density at radius 1 is 1.31 bits per heavy atom. The summed E-state index contributed by atoms with van der Waals surface area (Å²) in [6.45, 7) is 8.96. The predicted octanol–water partition coefficient (Wildman–Crippen LogP) is 3.01. The van der Waals surface area contributed by atoms with Crippen LogP contribution >= 0.6 is 0 Å². The molecule has 1 saturated heterocycles. The molecule has 2 aliphatic rings. The maximum atomic E-state index is 12.3. The van der Waals surface area contributed by atoms with Crippen molar-refractivity contribution < 1.29 is 4.79 Å². The second-order valence-corrected chi connectivity index (χ2v) is 6.39. The quantitative estimate of drug-likeness (QED) is 0.717. The molecular formula is C14H25NO. The second-order valence-electron chi connectivity index (χ2n) is 6.39. The smallest absolute Gasteiger partial charge is 0.154 e. The molecule has 1 unspecified atom stereocenters. The lowest BCUT2D eigenvalue weighted by atomic mass is 9.66. The van der Waals surface area contributed by atoms with Crippen molar-refractivity contribution in [2.24, 2.45) is 5.41 Å². The highest BCUT2D eigenvalue weighted by molar-refractivity contribution is 5.90. The van der Waals surface area contributed by atoms with Crippen LogP contribution in [0.1, 0.15) is 59.3 Å². The minimum atomic E-state index is -0.0717. The summed E-state index contributed by atoms with van der Waals surface area (Å²) in [4.78, 5) is 14.8. The van der Waals surface area contributed by atoms with Crippen molar-refractivity contribution in [3.63, 3.8) is 0 Å². The molecule has 2 fully saturated rings. The normalized spacial score (nSPS) is 34.8. The van der Waals surface area contributed by atoms with E-state index in [1.54, 1.807) is 0 Å². The van der Waals surface area contributed by atoms with Crippen molar-refractivity contribution in [1.82, 2.24) is 4.90 Å². The molecule has 16 heavy (non-hydrogen) atoms. The molecule has 0 aromatic heterocycles. The van der Waals surface area contributed by atoms with Gasteiger partial charge in [0.2, 0.25) is 0 Å². The lowest BCUT2D eigenvalue weighted by molar-refractivity contribution is -0.129. The molecule has 1 atom stereocenters. The van der Waals surface area contributed by atoms with Gasteiger partial charge in [-0.05, 0) is 37.6 Å². The molecule has 92 valence electrons. The number of rotatable bonds is 2. The summed E-state index contributed by atoms with van der Waals surface area (Å²) >= 11 is 0. The van der Waals surface area contributed by atoms with Gasteiger partial charge in [0.25, 0.3) is 0 Å². The van der Waals surface area contributed by atoms with Crippen molar-refractivity contribution >= 4 is 5.78 Å². The van der Waals surface area contributed by atoms with E-state index >= 15 is 0 Å². The Morgan fingerprint density at radius 3 is 2.69 bits per heavy atom. The Balaban J connectivity index is 2.22. The first-order chi connectivity index (χ1) is 7.50. The van der Waals surface area contributed by atoms with Gasteiger partial charge >= 0.3 is 0 Å². The van der Waals surface area contributed by atoms with Gasteiger partial charge < -0.3 is 0 Å². The van der Waals surface area contributed by atoms with Gasteiger partial charge in [-0.3, -0.25) is 9.69 Å². The fourth-order valence-corrected chi connectivity index (χ4v) is 3.79. The van der Waals surface area contributed by atoms with Crippen LogP contribution in [0.5, 0.6) is 0 Å². The average Bonchev–Trinajstić information content (AvgIpc) is 2.46. The molecule has 1 saturated carbocycles. The van der Waals surface area contributed by atoms with Crippen LogP contribution in [0.3, 0.4) is 0 Å². The second kappa shape index (κ2) is 4.14. The molecule has 2 rings (SSSR count). The lowest BCUT2D eigenvalue weighted by Gasteiger charge is -2.46. The monoisotopic (exact) mass is 223 g/mol. The van der Waals surface area contributed by atoms with Crippen molar-refractivity contribution in [2.75, 3.05) is 13.1 Å². The number of hydrogen-bond donors (Lipinski definition) is 0. The third-order valence-electron chi connectivity index (χ3n) is 4.44. The molecule has 0 N–H and O–H groups in total. The Kier molecular flexibility index (Phi) is 3.13. The van der Waals surface area contributed by atoms with Crippen LogP contribution in [0.25, 0.3) is 0 Å². The SMILES string of the molecule is CCCN1CCC(=O)C12CCCC(C)(C)C2. The molecule has 1 heterocycles. The predicted molar refractivity (Wildman–Crippen MR) is 66.5 cm³/mol. The summed E-state index contributed by atoms with van der Waals surface area (Å²) < 4.78 is 0. The van der Waals surface area contributed by atoms with Gasteiger partial charge in [0.15, 0.2) is 5.78 Å². The van der Waals surface area contributed by atoms with Gasteiger partial charge in [0.05, 0.1) is 5.54 Å². The molecule has 1 spiro atoms. The van der Waals surface area contributed by atoms with E-state index in [2.05, 4.69) is 25.7 Å². The highest BCUT2D eigenvalue weighted by Gasteiger charge is 2.51. The molecule has 1 aliphatic carbocycles. The Bertz CT molecular complexity index is 284. The van der Waals surface area contributed by atoms with Gasteiger partial charge in [-0.1, -0.05) is 27.2 Å². The Morgan fingerprint density at radius 2 is 2.06 bits per heavy atom. The van der Waals surface area contributed by atoms with E-state index in [1.807, 2.05) is 0 Å². The molecular weight excluding hydrogens is 198 g/mol. The van der Waals surface area contributed by atoms with Gasteiger partial charge in [0, 0.05) is 13.0 Å². The van der Waals surface area contributed by atoms with Crippen LogP contribution in [0, 0.1) is 5.41 Å². The van der Waals surface area contributed by atoms with E-state index < -0.39 is 0 Å². The zero-order valence-electron chi connectivity index (χ0n) is 11.0. The fraction of sp³-hybridized carbons (Fsp3) is 0.929. The Labute approximate surface area is 99.4 Å². The first-order valence-electron chi connectivity index (χ1n) is 6.79. The molecule has 1 aliphatic heterocycles. The van der Waals surface area contributed by atoms with Crippen molar-refractivity contribution in [2.45, 2.75) is 64.8 Å². The van der Waals surface area contributed by atoms with Crippen molar-refractivity contribution in [3.05, 3.63) is 0 Å². The standard InChI is InChI=1S/C14H25NO/c1-4-9-15-10-6-12(16)14(15)8-5-7-13(2,3)11-14/h4-11H2,1-3H3. The first kappa shape index (κ1) is 12.1. The largest absolute Gasteiger partial charge is 0.298 e. The summed E-state index contributed by atoms with van der Waals surface area (Å²) in [6.07, 6.45) is 6.64. The minimum absolute atomic E-state index is 0.0717. The van der Waals surface area contributed by atoms with Crippen LogP contribution < -0.4 is 0 Å². The first-order valence-corrected chi connectivity index (χ1v) is 6.79. The number of likely N-dealkylation sites (tertiary alicyclic amines) is 1. The van der Waals surface area contributed by atoms with E-state index in [0.29, 0.717) is 11.2 Å². The zero-order chi connectivity index (χ0) is 11.8. The van der Waals surface area contributed by atoms with Crippen LogP contribution in [-0.4, -0.2) is 29.3 Å². The summed E-state index contributed by atoms with van der Waals surface area (Å²) in [6, 6.07) is 0. The van der Waals surface area contributed by atoms with Crippen molar-refractivity contribution in [3.8, 4) is 0 Å². The fourth-order valence-electron chi connectivity index (χ4n) is 3.79. The number of hydrogen-bond acceptors (Lipinski definition) is 2. The van der Waals surface area contributed by atoms with Crippen LogP contribution in [0.2, 0.25) is 0 Å². The van der Waals surface area contributed by atoms with E-state index in [1.165, 1.54) is 12.8 Å². The van der Waals surface area contributed by atoms with E-state index in [-0.39, 0.29) is 5.54 Å². The summed E-state index contributed by atoms with van der Waals surface area (Å²) in [7, 11) is 0. The van der Waals surface area contributed by atoms with Gasteiger partial charge in [-0.25, -0.2) is 0 Å². The van der Waals surface area contributed by atoms with E-state index in [9.17, 15) is 4.79 Å². The molecule has 0 aromatic carbocycles. The van der Waals surface area contributed by atoms with Gasteiger partial charge in [-0.15, -0.1) is 0 Å². The molecule has 2 heteroatoms. The number of carbonyl (C=O) groups excluding carboxylic acids is 1. The summed E-state index contributed by atoms with van der Waals surface area (Å²) in [5.41, 5.74) is 0.280. The average molecular weight is 223 g/mol. The summed E-state index contributed by atoms with van der Waals surface area (Å²) in [5.74, 6) is 0.522. The maximum Gasteiger partial charge on any atom is 0.154 e. The van der Waals surface area contributed by atoms with Crippen LogP contribution in [-0.2, 0) is 4.79 Å². The summed E-state index contributed by atoms with van der Waals surface area (Å²) in [5, 5.41) is 0. The van der Waals surface area contributed by atoms with Crippen LogP contribution in [0.15, 0.2) is 0 Å². The Hall–Kier alpha value is -0.370. The van der Waals surface area contributed by atoms with E-state index in [0.717, 1.165) is 38.8 Å². The topological polar surface area (TPSA) is 20.3 Å². The maximum absolute atomic E-state index is 12.3.